The van der Waals surface area contributed by atoms with Crippen LogP contribution in [-0.4, -0.2) is 40.2 Å². The van der Waals surface area contributed by atoms with Crippen LogP contribution in [0.15, 0.2) is 78.9 Å². The van der Waals surface area contributed by atoms with E-state index in [0.29, 0.717) is 19.1 Å². The summed E-state index contributed by atoms with van der Waals surface area (Å²) in [6.07, 6.45) is 4.04. The van der Waals surface area contributed by atoms with Gasteiger partial charge in [-0.2, -0.15) is 0 Å². The first-order valence-electron chi connectivity index (χ1n) is 13.6. The first kappa shape index (κ1) is 25.6. The average molecular weight is 513 g/mol. The van der Waals surface area contributed by atoms with Gasteiger partial charge in [0.15, 0.2) is 0 Å². The van der Waals surface area contributed by atoms with Crippen molar-refractivity contribution in [3.05, 3.63) is 84.7 Å². The number of carbonyl (C=O) groups excluding carboxylic acids is 1. The van der Waals surface area contributed by atoms with E-state index in [1.165, 1.54) is 0 Å². The Bertz CT molecular complexity index is 1310. The van der Waals surface area contributed by atoms with Crippen molar-refractivity contribution in [2.45, 2.75) is 45.8 Å². The molecule has 1 aliphatic rings. The number of nitrogens with one attached hydrogen (secondary N) is 1. The third-order valence-electron chi connectivity index (χ3n) is 7.06. The number of aromatic nitrogens is 2. The second-order valence-electron chi connectivity index (χ2n) is 9.82. The van der Waals surface area contributed by atoms with Gasteiger partial charge in [-0.3, -0.25) is 0 Å². The number of benzene rings is 3. The monoisotopic (exact) mass is 512 g/mol. The van der Waals surface area contributed by atoms with E-state index in [0.717, 1.165) is 79.4 Å². The van der Waals surface area contributed by atoms with Crippen molar-refractivity contribution in [2.24, 2.45) is 5.92 Å². The molecule has 0 spiro atoms. The van der Waals surface area contributed by atoms with Crippen LogP contribution in [0.2, 0.25) is 0 Å². The fraction of sp³-hybridized carbons (Fsp3) is 0.355. The second-order valence-corrected chi connectivity index (χ2v) is 9.82. The third kappa shape index (κ3) is 6.46. The molecule has 0 bridgehead atoms. The number of imidazole rings is 1. The largest absolute Gasteiger partial charge is 0.494 e. The SMILES string of the molecule is CCCCOc1ccc(NC(=O)N2CCC(Cn3c(COc4ccccc4)nc4ccccc43)CC2)cc1. The van der Waals surface area contributed by atoms with Gasteiger partial charge in [-0.05, 0) is 73.7 Å². The number of hydrogen-bond acceptors (Lipinski definition) is 4. The molecule has 0 unspecified atom stereocenters. The van der Waals surface area contributed by atoms with E-state index in [9.17, 15) is 4.79 Å². The number of piperidine rings is 1. The Morgan fingerprint density at radius 2 is 1.63 bits per heavy atom. The number of urea groups is 1. The lowest BCUT2D eigenvalue weighted by atomic mass is 9.96. The van der Waals surface area contributed by atoms with Crippen LogP contribution in [-0.2, 0) is 13.2 Å². The highest BCUT2D eigenvalue weighted by atomic mass is 16.5. The average Bonchev–Trinajstić information content (AvgIpc) is 3.31. The van der Waals surface area contributed by atoms with E-state index in [4.69, 9.17) is 14.5 Å². The zero-order chi connectivity index (χ0) is 26.2. The first-order valence-corrected chi connectivity index (χ1v) is 13.6. The van der Waals surface area contributed by atoms with E-state index in [1.807, 2.05) is 65.6 Å². The number of rotatable bonds is 10. The first-order chi connectivity index (χ1) is 18.7. The highest BCUT2D eigenvalue weighted by Crippen LogP contribution is 2.25. The lowest BCUT2D eigenvalue weighted by molar-refractivity contribution is 0.176. The molecule has 0 saturated carbocycles. The normalized spacial score (nSPS) is 14.0. The third-order valence-corrected chi connectivity index (χ3v) is 7.06. The van der Waals surface area contributed by atoms with E-state index >= 15 is 0 Å². The maximum Gasteiger partial charge on any atom is 0.321 e. The summed E-state index contributed by atoms with van der Waals surface area (Å²) < 4.78 is 14.0. The molecule has 4 aromatic rings. The van der Waals surface area contributed by atoms with Gasteiger partial charge in [0.25, 0.3) is 0 Å². The molecular weight excluding hydrogens is 476 g/mol. The number of carbonyl (C=O) groups is 1. The molecule has 5 rings (SSSR count). The number of para-hydroxylation sites is 3. The Kier molecular flexibility index (Phi) is 8.43. The van der Waals surface area contributed by atoms with Crippen LogP contribution in [0, 0.1) is 5.92 Å². The van der Waals surface area contributed by atoms with Gasteiger partial charge in [0.2, 0.25) is 0 Å². The van der Waals surface area contributed by atoms with Gasteiger partial charge in [0, 0.05) is 25.3 Å². The van der Waals surface area contributed by atoms with Crippen LogP contribution in [0.4, 0.5) is 10.5 Å². The fourth-order valence-electron chi connectivity index (χ4n) is 4.85. The summed E-state index contributed by atoms with van der Waals surface area (Å²) >= 11 is 0. The summed E-state index contributed by atoms with van der Waals surface area (Å²) in [5.74, 6) is 3.06. The van der Waals surface area contributed by atoms with Crippen LogP contribution in [0.3, 0.4) is 0 Å². The molecule has 198 valence electrons. The van der Waals surface area contributed by atoms with Gasteiger partial charge in [-0.1, -0.05) is 43.7 Å². The van der Waals surface area contributed by atoms with Gasteiger partial charge < -0.3 is 24.3 Å². The Labute approximate surface area is 224 Å². The van der Waals surface area contributed by atoms with E-state index in [-0.39, 0.29) is 6.03 Å². The molecule has 2 heterocycles. The maximum absolute atomic E-state index is 12.9. The zero-order valence-electron chi connectivity index (χ0n) is 22.0. The van der Waals surface area contributed by atoms with Crippen molar-refractivity contribution in [1.29, 1.82) is 0 Å². The molecule has 0 atom stereocenters. The topological polar surface area (TPSA) is 68.6 Å². The Balaban J connectivity index is 1.16. The number of amides is 2. The Morgan fingerprint density at radius 3 is 2.39 bits per heavy atom. The molecule has 1 aromatic heterocycles. The lowest BCUT2D eigenvalue weighted by Gasteiger charge is -2.32. The number of ether oxygens (including phenoxy) is 2. The molecule has 3 aromatic carbocycles. The highest BCUT2D eigenvalue weighted by molar-refractivity contribution is 5.89. The van der Waals surface area contributed by atoms with E-state index in [2.05, 4.69) is 35.0 Å². The van der Waals surface area contributed by atoms with Gasteiger partial charge in [0.05, 0.1) is 17.6 Å². The van der Waals surface area contributed by atoms with Crippen molar-refractivity contribution < 1.29 is 14.3 Å². The Hall–Kier alpha value is -4.00. The van der Waals surface area contributed by atoms with Crippen molar-refractivity contribution in [2.75, 3.05) is 25.0 Å². The predicted octanol–water partition coefficient (Wildman–Crippen LogP) is 6.74. The molecule has 1 N–H and O–H groups in total. The fourth-order valence-corrected chi connectivity index (χ4v) is 4.85. The van der Waals surface area contributed by atoms with Crippen LogP contribution in [0.1, 0.15) is 38.4 Å². The predicted molar refractivity (Wildman–Crippen MR) is 151 cm³/mol. The summed E-state index contributed by atoms with van der Waals surface area (Å²) in [6.45, 7) is 5.61. The van der Waals surface area contributed by atoms with Crippen molar-refractivity contribution in [3.63, 3.8) is 0 Å². The summed E-state index contributed by atoms with van der Waals surface area (Å²) in [5, 5.41) is 3.03. The van der Waals surface area contributed by atoms with Crippen molar-refractivity contribution >= 4 is 22.8 Å². The number of likely N-dealkylation sites (tertiary alicyclic amines) is 1. The number of nitrogens with zero attached hydrogens (tertiary/aromatic N) is 3. The van der Waals surface area contributed by atoms with Crippen molar-refractivity contribution in [1.82, 2.24) is 14.5 Å². The molecule has 7 nitrogen and oxygen atoms in total. The highest BCUT2D eigenvalue weighted by Gasteiger charge is 2.24. The second kappa shape index (κ2) is 12.5. The zero-order valence-corrected chi connectivity index (χ0v) is 22.0. The molecule has 1 aliphatic heterocycles. The van der Waals surface area contributed by atoms with Crippen molar-refractivity contribution in [3.8, 4) is 11.5 Å². The Morgan fingerprint density at radius 1 is 0.921 bits per heavy atom. The minimum absolute atomic E-state index is 0.0480. The number of anilines is 1. The maximum atomic E-state index is 12.9. The molecule has 38 heavy (non-hydrogen) atoms. The summed E-state index contributed by atoms with van der Waals surface area (Å²) in [5.41, 5.74) is 2.90. The molecular formula is C31H36N4O3. The van der Waals surface area contributed by atoms with Gasteiger partial charge in [-0.15, -0.1) is 0 Å². The molecule has 1 fully saturated rings. The van der Waals surface area contributed by atoms with E-state index in [1.54, 1.807) is 0 Å². The molecule has 0 aliphatic carbocycles. The lowest BCUT2D eigenvalue weighted by Crippen LogP contribution is -2.41. The molecule has 7 heteroatoms. The molecule has 2 amide bonds. The van der Waals surface area contributed by atoms with E-state index < -0.39 is 0 Å². The number of unbranched alkanes of at least 4 members (excludes halogenated alkanes) is 1. The number of hydrogen-bond donors (Lipinski definition) is 1. The minimum Gasteiger partial charge on any atom is -0.494 e. The van der Waals surface area contributed by atoms with Gasteiger partial charge in [-0.25, -0.2) is 9.78 Å². The quantitative estimate of drug-likeness (QED) is 0.239. The van der Waals surface area contributed by atoms with Crippen LogP contribution < -0.4 is 14.8 Å². The van der Waals surface area contributed by atoms with Crippen LogP contribution in [0.25, 0.3) is 11.0 Å². The van der Waals surface area contributed by atoms with Crippen LogP contribution in [0.5, 0.6) is 11.5 Å². The van der Waals surface area contributed by atoms with Gasteiger partial charge >= 0.3 is 6.03 Å². The van der Waals surface area contributed by atoms with Crippen LogP contribution >= 0.6 is 0 Å². The standard InChI is InChI=1S/C31H36N4O3/c1-2-3-21-37-27-15-13-25(14-16-27)32-31(36)34-19-17-24(18-20-34)22-35-29-12-8-7-11-28(29)33-30(35)23-38-26-9-5-4-6-10-26/h4-16,24H,2-3,17-23H2,1H3,(H,32,36). The minimum atomic E-state index is -0.0480. The molecule has 1 saturated heterocycles. The smallest absolute Gasteiger partial charge is 0.321 e. The number of fused-ring (bicyclic) bond motifs is 1. The summed E-state index contributed by atoms with van der Waals surface area (Å²) in [6, 6.07) is 25.7. The molecule has 0 radical (unpaired) electrons. The summed E-state index contributed by atoms with van der Waals surface area (Å²) in [4.78, 5) is 19.7. The summed E-state index contributed by atoms with van der Waals surface area (Å²) in [7, 11) is 0. The van der Waals surface area contributed by atoms with Gasteiger partial charge in [0.1, 0.15) is 23.9 Å².